The molecule has 0 unspecified atom stereocenters. The van der Waals surface area contributed by atoms with Gasteiger partial charge in [-0.3, -0.25) is 9.51 Å². The highest BCUT2D eigenvalue weighted by atomic mass is 79.9. The van der Waals surface area contributed by atoms with Crippen molar-refractivity contribution in [3.05, 3.63) is 74.8 Å². The van der Waals surface area contributed by atoms with Crippen LogP contribution in [-0.4, -0.2) is 14.7 Å². The van der Waals surface area contributed by atoms with E-state index < -0.39 is 5.76 Å². The third-order valence-corrected chi connectivity index (χ3v) is 4.51. The molecule has 0 saturated carbocycles. The molecule has 6 nitrogen and oxygen atoms in total. The molecule has 4 rings (SSSR count). The van der Waals surface area contributed by atoms with Gasteiger partial charge in [0.2, 0.25) is 0 Å². The summed E-state index contributed by atoms with van der Waals surface area (Å²) in [4.78, 5) is 13.7. The number of nitriles is 1. The van der Waals surface area contributed by atoms with Gasteiger partial charge in [0.05, 0.1) is 5.56 Å². The van der Waals surface area contributed by atoms with E-state index in [9.17, 15) is 10.1 Å². The fourth-order valence-corrected chi connectivity index (χ4v) is 3.07. The lowest BCUT2D eigenvalue weighted by atomic mass is 10.1. The summed E-state index contributed by atoms with van der Waals surface area (Å²) in [6.45, 7) is 0.658. The average Bonchev–Trinajstić information content (AvgIpc) is 3.20. The minimum atomic E-state index is -0.608. The van der Waals surface area contributed by atoms with Crippen molar-refractivity contribution >= 4 is 26.8 Å². The number of fused-ring (bicyclic) bond motifs is 1. The van der Waals surface area contributed by atoms with Crippen molar-refractivity contribution in [2.75, 3.05) is 0 Å². The second-order valence-electron chi connectivity index (χ2n) is 5.58. The summed E-state index contributed by atoms with van der Waals surface area (Å²) in [6.07, 6.45) is 1.84. The molecule has 0 aliphatic rings. The molecule has 0 radical (unpaired) electrons. The van der Waals surface area contributed by atoms with E-state index >= 15 is 0 Å². The molecule has 0 fully saturated rings. The average molecular weight is 395 g/mol. The molecule has 4 aromatic rings. The Morgan fingerprint density at radius 2 is 2.04 bits per heavy atom. The molecule has 2 aromatic carbocycles. The fraction of sp³-hybridized carbons (Fsp3) is 0.0556. The van der Waals surface area contributed by atoms with E-state index in [0.717, 1.165) is 20.9 Å². The lowest BCUT2D eigenvalue weighted by molar-refractivity contribution is 0.388. The zero-order chi connectivity index (χ0) is 17.4. The normalized spacial score (nSPS) is 10.9. The van der Waals surface area contributed by atoms with E-state index in [1.54, 1.807) is 0 Å². The van der Waals surface area contributed by atoms with Gasteiger partial charge in [-0.2, -0.15) is 5.26 Å². The summed E-state index contributed by atoms with van der Waals surface area (Å²) in [5, 5.41) is 14.0. The van der Waals surface area contributed by atoms with Gasteiger partial charge < -0.3 is 4.57 Å². The number of hydrogen-bond donors (Lipinski definition) is 1. The number of halogens is 1. The summed E-state index contributed by atoms with van der Waals surface area (Å²) in [6, 6.07) is 15.9. The number of hydrogen-bond acceptors (Lipinski definition) is 4. The molecule has 1 N–H and O–H groups in total. The Balaban J connectivity index is 1.80. The molecule has 2 aromatic heterocycles. The first-order valence-corrected chi connectivity index (χ1v) is 8.27. The molecular formula is C18H11BrN4O2. The van der Waals surface area contributed by atoms with Crippen LogP contribution in [0.2, 0.25) is 0 Å². The number of nitrogens with one attached hydrogen (secondary N) is 1. The third kappa shape index (κ3) is 2.88. The van der Waals surface area contributed by atoms with Crippen molar-refractivity contribution in [3.8, 4) is 17.5 Å². The monoisotopic (exact) mass is 394 g/mol. The Hall–Kier alpha value is -3.11. The highest BCUT2D eigenvalue weighted by Crippen LogP contribution is 2.27. The number of benzene rings is 2. The van der Waals surface area contributed by atoms with Crippen molar-refractivity contribution in [3.63, 3.8) is 0 Å². The Kier molecular flexibility index (Phi) is 3.75. The highest BCUT2D eigenvalue weighted by Gasteiger charge is 2.12. The van der Waals surface area contributed by atoms with Crippen LogP contribution in [0.1, 0.15) is 11.1 Å². The molecule has 0 aliphatic carbocycles. The maximum absolute atomic E-state index is 11.1. The van der Waals surface area contributed by atoms with Crippen molar-refractivity contribution in [1.29, 1.82) is 5.26 Å². The van der Waals surface area contributed by atoms with Gasteiger partial charge in [0.1, 0.15) is 6.07 Å². The van der Waals surface area contributed by atoms with E-state index in [4.69, 9.17) is 0 Å². The largest absolute Gasteiger partial charge is 0.439 e. The first kappa shape index (κ1) is 15.4. The quantitative estimate of drug-likeness (QED) is 0.574. The Morgan fingerprint density at radius 3 is 2.72 bits per heavy atom. The molecule has 7 heteroatoms. The lowest BCUT2D eigenvalue weighted by Crippen LogP contribution is -1.97. The predicted molar refractivity (Wildman–Crippen MR) is 96.0 cm³/mol. The van der Waals surface area contributed by atoms with Crippen LogP contribution in [0.25, 0.3) is 22.3 Å². The van der Waals surface area contributed by atoms with Gasteiger partial charge in [0, 0.05) is 33.7 Å². The third-order valence-electron chi connectivity index (χ3n) is 3.98. The van der Waals surface area contributed by atoms with Crippen LogP contribution >= 0.6 is 15.9 Å². The van der Waals surface area contributed by atoms with E-state index in [1.165, 1.54) is 0 Å². The number of aromatic nitrogens is 3. The second-order valence-corrected chi connectivity index (χ2v) is 6.50. The standard InChI is InChI=1S/C18H11BrN4O2/c19-14-4-1-11(2-5-14)9-23-10-13(8-20)15-7-12(3-6-16(15)23)17-21-18(24)25-22-17/h1-7,10H,9H2,(H,21,22,24). The van der Waals surface area contributed by atoms with Crippen molar-refractivity contribution in [2.24, 2.45) is 0 Å². The van der Waals surface area contributed by atoms with Crippen molar-refractivity contribution < 1.29 is 4.52 Å². The topological polar surface area (TPSA) is 87.6 Å². The van der Waals surface area contributed by atoms with E-state index in [0.29, 0.717) is 23.5 Å². The van der Waals surface area contributed by atoms with Crippen LogP contribution in [0, 0.1) is 11.3 Å². The van der Waals surface area contributed by atoms with Crippen LogP contribution < -0.4 is 5.76 Å². The minimum Gasteiger partial charge on any atom is -0.342 e. The van der Waals surface area contributed by atoms with Crippen molar-refractivity contribution in [2.45, 2.75) is 6.54 Å². The summed E-state index contributed by atoms with van der Waals surface area (Å²) in [7, 11) is 0. The minimum absolute atomic E-state index is 0.344. The molecule has 0 bridgehead atoms. The van der Waals surface area contributed by atoms with E-state index in [-0.39, 0.29) is 0 Å². The molecule has 0 atom stereocenters. The van der Waals surface area contributed by atoms with Gasteiger partial charge in [-0.05, 0) is 35.9 Å². The Labute approximate surface area is 150 Å². The SMILES string of the molecule is N#Cc1cn(Cc2ccc(Br)cc2)c2ccc(-c3noc(=O)[nH]3)cc12. The van der Waals surface area contributed by atoms with Gasteiger partial charge in [-0.25, -0.2) is 4.79 Å². The summed E-state index contributed by atoms with van der Waals surface area (Å²) in [5.41, 5.74) is 3.33. The van der Waals surface area contributed by atoms with Crippen LogP contribution in [0.15, 0.2) is 62.5 Å². The van der Waals surface area contributed by atoms with Crippen LogP contribution in [0.4, 0.5) is 0 Å². The lowest BCUT2D eigenvalue weighted by Gasteiger charge is -2.06. The maximum Gasteiger partial charge on any atom is 0.439 e. The van der Waals surface area contributed by atoms with Gasteiger partial charge in [-0.1, -0.05) is 33.2 Å². The molecule has 0 aliphatic heterocycles. The first-order valence-electron chi connectivity index (χ1n) is 7.48. The molecule has 0 spiro atoms. The van der Waals surface area contributed by atoms with Gasteiger partial charge in [-0.15, -0.1) is 0 Å². The highest BCUT2D eigenvalue weighted by molar-refractivity contribution is 9.10. The molecule has 122 valence electrons. The molecule has 25 heavy (non-hydrogen) atoms. The van der Waals surface area contributed by atoms with Gasteiger partial charge in [0.25, 0.3) is 0 Å². The predicted octanol–water partition coefficient (Wildman–Crippen LogP) is 3.67. The molecular weight excluding hydrogens is 384 g/mol. The van der Waals surface area contributed by atoms with Crippen molar-refractivity contribution in [1.82, 2.24) is 14.7 Å². The van der Waals surface area contributed by atoms with Crippen LogP contribution in [0.5, 0.6) is 0 Å². The zero-order valence-corrected chi connectivity index (χ0v) is 14.4. The van der Waals surface area contributed by atoms with Gasteiger partial charge >= 0.3 is 5.76 Å². The maximum atomic E-state index is 11.1. The fourth-order valence-electron chi connectivity index (χ4n) is 2.81. The summed E-state index contributed by atoms with van der Waals surface area (Å²) in [5.74, 6) is -0.264. The number of aromatic amines is 1. The summed E-state index contributed by atoms with van der Waals surface area (Å²) < 4.78 is 7.61. The Morgan fingerprint density at radius 1 is 1.24 bits per heavy atom. The smallest absolute Gasteiger partial charge is 0.342 e. The second kappa shape index (κ2) is 6.07. The number of H-pyrrole nitrogens is 1. The van der Waals surface area contributed by atoms with Gasteiger partial charge in [0.15, 0.2) is 5.82 Å². The van der Waals surface area contributed by atoms with E-state index in [2.05, 4.69) is 36.7 Å². The van der Waals surface area contributed by atoms with E-state index in [1.807, 2.05) is 53.2 Å². The summed E-state index contributed by atoms with van der Waals surface area (Å²) >= 11 is 3.43. The first-order chi connectivity index (χ1) is 12.1. The molecule has 2 heterocycles. The zero-order valence-electron chi connectivity index (χ0n) is 12.9. The van der Waals surface area contributed by atoms with Crippen LogP contribution in [0.3, 0.4) is 0 Å². The Bertz CT molecular complexity index is 1160. The van der Waals surface area contributed by atoms with Crippen LogP contribution in [-0.2, 0) is 6.54 Å². The molecule has 0 saturated heterocycles. The molecule has 0 amide bonds. The number of nitrogens with zero attached hydrogens (tertiary/aromatic N) is 3. The number of rotatable bonds is 3.